The van der Waals surface area contributed by atoms with E-state index in [1.54, 1.807) is 13.1 Å². The standard InChI is InChI=1S/C24H24N4O4/c1-28-19-11-17(6-7-20(19)31-23(28)30)16-4-2-15(3-5-16)10-18(12-25)27-22(29)21-13-26-14-24(32-21)8-9-24/h2-7,11,18,21,26H,8-10,13-14H2,1H3,(H,27,29)/t18-,21-/m0/s1. The van der Waals surface area contributed by atoms with E-state index in [0.717, 1.165) is 41.6 Å². The lowest BCUT2D eigenvalue weighted by molar-refractivity contribution is -0.142. The van der Waals surface area contributed by atoms with Crippen molar-refractivity contribution < 1.29 is 13.9 Å². The monoisotopic (exact) mass is 432 g/mol. The first-order valence-electron chi connectivity index (χ1n) is 10.7. The first-order valence-corrected chi connectivity index (χ1v) is 10.7. The molecule has 1 saturated heterocycles. The molecule has 1 aromatic heterocycles. The van der Waals surface area contributed by atoms with Gasteiger partial charge in [0.2, 0.25) is 0 Å². The Balaban J connectivity index is 1.25. The van der Waals surface area contributed by atoms with Gasteiger partial charge >= 0.3 is 5.76 Å². The predicted octanol–water partition coefficient (Wildman–Crippen LogP) is 1.87. The van der Waals surface area contributed by atoms with Crippen molar-refractivity contribution in [3.8, 4) is 17.2 Å². The smallest absolute Gasteiger partial charge is 0.408 e. The summed E-state index contributed by atoms with van der Waals surface area (Å²) in [5, 5.41) is 15.6. The Morgan fingerprint density at radius 1 is 1.28 bits per heavy atom. The molecule has 8 nitrogen and oxygen atoms in total. The Labute approximate surface area is 184 Å². The van der Waals surface area contributed by atoms with E-state index in [9.17, 15) is 14.9 Å². The number of nitrogens with zero attached hydrogens (tertiary/aromatic N) is 2. The highest BCUT2D eigenvalue weighted by Gasteiger charge is 2.49. The van der Waals surface area contributed by atoms with Gasteiger partial charge in [-0.2, -0.15) is 5.26 Å². The molecule has 3 aromatic rings. The van der Waals surface area contributed by atoms with Crippen molar-refractivity contribution in [1.82, 2.24) is 15.2 Å². The van der Waals surface area contributed by atoms with Crippen molar-refractivity contribution >= 4 is 17.0 Å². The number of hydrogen-bond acceptors (Lipinski definition) is 6. The maximum absolute atomic E-state index is 12.6. The summed E-state index contributed by atoms with van der Waals surface area (Å²) in [7, 11) is 1.68. The van der Waals surface area contributed by atoms with Crippen LogP contribution in [-0.2, 0) is 23.0 Å². The Kier molecular flexibility index (Phi) is 5.08. The lowest BCUT2D eigenvalue weighted by Gasteiger charge is -2.30. The maximum Gasteiger partial charge on any atom is 0.419 e. The highest BCUT2D eigenvalue weighted by molar-refractivity contribution is 5.82. The van der Waals surface area contributed by atoms with Gasteiger partial charge in [0.05, 0.1) is 17.2 Å². The van der Waals surface area contributed by atoms with E-state index in [1.165, 1.54) is 4.57 Å². The van der Waals surface area contributed by atoms with Crippen molar-refractivity contribution in [2.75, 3.05) is 13.1 Å². The van der Waals surface area contributed by atoms with Crippen LogP contribution in [0.5, 0.6) is 0 Å². The summed E-state index contributed by atoms with van der Waals surface area (Å²) in [5.41, 5.74) is 3.99. The zero-order valence-electron chi connectivity index (χ0n) is 17.8. The number of nitrogens with one attached hydrogen (secondary N) is 2. The van der Waals surface area contributed by atoms with Gasteiger partial charge in [-0.05, 0) is 41.7 Å². The lowest BCUT2D eigenvalue weighted by atomic mass is 10.0. The van der Waals surface area contributed by atoms with E-state index in [1.807, 2.05) is 36.4 Å². The molecule has 2 atom stereocenters. The number of carbonyl (C=O) groups excluding carboxylic acids is 1. The van der Waals surface area contributed by atoms with Gasteiger partial charge in [0.1, 0.15) is 12.1 Å². The third kappa shape index (κ3) is 3.93. The van der Waals surface area contributed by atoms with Crippen LogP contribution < -0.4 is 16.4 Å². The van der Waals surface area contributed by atoms with Crippen LogP contribution in [0.4, 0.5) is 0 Å². The van der Waals surface area contributed by atoms with Gasteiger partial charge in [-0.15, -0.1) is 0 Å². The molecule has 1 amide bonds. The molecule has 32 heavy (non-hydrogen) atoms. The molecule has 2 aromatic carbocycles. The second-order valence-electron chi connectivity index (χ2n) is 8.62. The van der Waals surface area contributed by atoms with Crippen molar-refractivity contribution in [3.05, 3.63) is 58.6 Å². The van der Waals surface area contributed by atoms with Gasteiger partial charge in [-0.1, -0.05) is 30.3 Å². The van der Waals surface area contributed by atoms with Crippen molar-refractivity contribution in [3.63, 3.8) is 0 Å². The van der Waals surface area contributed by atoms with E-state index in [4.69, 9.17) is 9.15 Å². The summed E-state index contributed by atoms with van der Waals surface area (Å²) in [6.45, 7) is 1.25. The highest BCUT2D eigenvalue weighted by Crippen LogP contribution is 2.41. The van der Waals surface area contributed by atoms with Crippen molar-refractivity contribution in [2.24, 2.45) is 7.05 Å². The van der Waals surface area contributed by atoms with Crippen molar-refractivity contribution in [2.45, 2.75) is 37.0 Å². The number of aryl methyl sites for hydroxylation is 1. The number of oxazole rings is 1. The van der Waals surface area contributed by atoms with E-state index in [-0.39, 0.29) is 11.5 Å². The molecule has 0 bridgehead atoms. The number of fused-ring (bicyclic) bond motifs is 1. The number of ether oxygens (including phenoxy) is 1. The second-order valence-corrected chi connectivity index (χ2v) is 8.62. The molecule has 5 rings (SSSR count). The molecular formula is C24H24N4O4. The summed E-state index contributed by atoms with van der Waals surface area (Å²) < 4.78 is 12.6. The maximum atomic E-state index is 12.6. The number of rotatable bonds is 5. The summed E-state index contributed by atoms with van der Waals surface area (Å²) in [6.07, 6.45) is 1.80. The minimum atomic E-state index is -0.633. The number of carbonyl (C=O) groups is 1. The van der Waals surface area contributed by atoms with Gasteiger partial charge in [-0.3, -0.25) is 9.36 Å². The molecule has 2 fully saturated rings. The number of benzene rings is 2. The number of amides is 1. The van der Waals surface area contributed by atoms with E-state index < -0.39 is 17.9 Å². The minimum absolute atomic E-state index is 0.177. The summed E-state index contributed by atoms with van der Waals surface area (Å²) in [5.74, 6) is -0.635. The fraction of sp³-hybridized carbons (Fsp3) is 0.375. The van der Waals surface area contributed by atoms with Crippen LogP contribution >= 0.6 is 0 Å². The lowest BCUT2D eigenvalue weighted by Crippen LogP contribution is -2.54. The molecule has 1 saturated carbocycles. The third-order valence-electron chi connectivity index (χ3n) is 6.26. The van der Waals surface area contributed by atoms with Crippen LogP contribution in [0.2, 0.25) is 0 Å². The number of aromatic nitrogens is 1. The zero-order chi connectivity index (χ0) is 22.3. The first-order chi connectivity index (χ1) is 15.5. The first kappa shape index (κ1) is 20.5. The number of hydrogen-bond donors (Lipinski definition) is 2. The van der Waals surface area contributed by atoms with E-state index >= 15 is 0 Å². The molecule has 0 radical (unpaired) electrons. The Bertz CT molecular complexity index is 1260. The van der Waals surface area contributed by atoms with Gasteiger partial charge in [0.15, 0.2) is 5.58 Å². The summed E-state index contributed by atoms with van der Waals surface area (Å²) in [4.78, 5) is 24.3. The van der Waals surface area contributed by atoms with Crippen LogP contribution in [-0.4, -0.2) is 41.3 Å². The Morgan fingerprint density at radius 2 is 2.03 bits per heavy atom. The second kappa shape index (κ2) is 7.93. The fourth-order valence-corrected chi connectivity index (χ4v) is 4.17. The molecule has 2 N–H and O–H groups in total. The molecule has 1 aliphatic carbocycles. The normalized spacial score (nSPS) is 20.1. The topological polar surface area (TPSA) is 109 Å². The van der Waals surface area contributed by atoms with Crippen LogP contribution in [0.3, 0.4) is 0 Å². The molecule has 0 unspecified atom stereocenters. The molecule has 1 spiro atoms. The predicted molar refractivity (Wildman–Crippen MR) is 118 cm³/mol. The average molecular weight is 432 g/mol. The van der Waals surface area contributed by atoms with Crippen LogP contribution in [0.1, 0.15) is 18.4 Å². The Morgan fingerprint density at radius 3 is 2.75 bits per heavy atom. The highest BCUT2D eigenvalue weighted by atomic mass is 16.5. The number of nitriles is 1. The third-order valence-corrected chi connectivity index (χ3v) is 6.26. The Hall–Kier alpha value is -3.41. The van der Waals surface area contributed by atoms with Crippen molar-refractivity contribution in [1.29, 1.82) is 5.26 Å². The summed E-state index contributed by atoms with van der Waals surface area (Å²) >= 11 is 0. The fourth-order valence-electron chi connectivity index (χ4n) is 4.17. The minimum Gasteiger partial charge on any atom is -0.408 e. The molecule has 1 aliphatic heterocycles. The number of morpholine rings is 1. The average Bonchev–Trinajstić information content (AvgIpc) is 3.49. The largest absolute Gasteiger partial charge is 0.419 e. The SMILES string of the molecule is Cn1c(=O)oc2ccc(-c3ccc(C[C@@H](C#N)NC(=O)[C@@H]4CNCC5(CC5)O4)cc3)cc21. The summed E-state index contributed by atoms with van der Waals surface area (Å²) in [6, 6.07) is 15.0. The van der Waals surface area contributed by atoms with Gasteiger partial charge in [-0.25, -0.2) is 4.79 Å². The van der Waals surface area contributed by atoms with Crippen LogP contribution in [0, 0.1) is 11.3 Å². The molecule has 8 heteroatoms. The quantitative estimate of drug-likeness (QED) is 0.637. The van der Waals surface area contributed by atoms with E-state index in [0.29, 0.717) is 18.5 Å². The molecule has 2 aliphatic rings. The van der Waals surface area contributed by atoms with Gasteiger partial charge in [0, 0.05) is 26.6 Å². The van der Waals surface area contributed by atoms with Gasteiger partial charge in [0.25, 0.3) is 5.91 Å². The molecule has 2 heterocycles. The van der Waals surface area contributed by atoms with Gasteiger partial charge < -0.3 is 19.8 Å². The zero-order valence-corrected chi connectivity index (χ0v) is 17.8. The van der Waals surface area contributed by atoms with Crippen LogP contribution in [0.25, 0.3) is 22.2 Å². The molecule has 164 valence electrons. The van der Waals surface area contributed by atoms with E-state index in [2.05, 4.69) is 16.7 Å². The molecular weight excluding hydrogens is 408 g/mol. The van der Waals surface area contributed by atoms with Crippen LogP contribution in [0.15, 0.2) is 51.7 Å².